The summed E-state index contributed by atoms with van der Waals surface area (Å²) < 4.78 is 10.9. The second-order valence-corrected chi connectivity index (χ2v) is 3.27. The molecule has 1 atom stereocenters. The molecule has 0 fully saturated rings. The molecule has 1 unspecified atom stereocenters. The fraction of sp³-hybridized carbons (Fsp3) is 0.333. The normalized spacial score (nSPS) is 20.7. The predicted molar refractivity (Wildman–Crippen MR) is 47.0 cm³/mol. The minimum absolute atomic E-state index is 0.124. The van der Waals surface area contributed by atoms with E-state index in [1.165, 1.54) is 0 Å². The van der Waals surface area contributed by atoms with Crippen LogP contribution < -0.4 is 9.47 Å². The summed E-state index contributed by atoms with van der Waals surface area (Å²) in [5.41, 5.74) is 0. The van der Waals surface area contributed by atoms with Gasteiger partial charge in [-0.05, 0) is 19.1 Å². The van der Waals surface area contributed by atoms with E-state index in [9.17, 15) is 0 Å². The van der Waals surface area contributed by atoms with Gasteiger partial charge in [0.25, 0.3) is 0 Å². The van der Waals surface area contributed by atoms with Crippen LogP contribution in [0.3, 0.4) is 0 Å². The summed E-state index contributed by atoms with van der Waals surface area (Å²) >= 11 is 5.78. The van der Waals surface area contributed by atoms with Crippen molar-refractivity contribution in [1.29, 1.82) is 0 Å². The first-order valence-corrected chi connectivity index (χ1v) is 4.22. The van der Waals surface area contributed by atoms with Crippen LogP contribution in [0, 0.1) is 0 Å². The van der Waals surface area contributed by atoms with Crippen LogP contribution in [0.5, 0.6) is 11.5 Å². The third kappa shape index (κ3) is 1.34. The Labute approximate surface area is 76.1 Å². The lowest BCUT2D eigenvalue weighted by atomic mass is 10.3. The van der Waals surface area contributed by atoms with Gasteiger partial charge in [0, 0.05) is 11.1 Å². The van der Waals surface area contributed by atoms with Gasteiger partial charge in [-0.3, -0.25) is 0 Å². The number of benzene rings is 1. The highest BCUT2D eigenvalue weighted by atomic mass is 35.5. The van der Waals surface area contributed by atoms with E-state index in [4.69, 9.17) is 21.1 Å². The van der Waals surface area contributed by atoms with Gasteiger partial charge in [0.1, 0.15) is 12.7 Å². The Morgan fingerprint density at radius 2 is 2.25 bits per heavy atom. The van der Waals surface area contributed by atoms with Crippen molar-refractivity contribution in [2.45, 2.75) is 13.0 Å². The van der Waals surface area contributed by atoms with Crippen LogP contribution in [-0.4, -0.2) is 12.7 Å². The number of rotatable bonds is 0. The van der Waals surface area contributed by atoms with Crippen molar-refractivity contribution in [3.8, 4) is 11.5 Å². The average molecular weight is 185 g/mol. The number of halogens is 1. The van der Waals surface area contributed by atoms with E-state index in [1.54, 1.807) is 12.1 Å². The smallest absolute Gasteiger partial charge is 0.162 e. The van der Waals surface area contributed by atoms with Gasteiger partial charge in [-0.1, -0.05) is 11.6 Å². The van der Waals surface area contributed by atoms with Crippen molar-refractivity contribution in [3.05, 3.63) is 23.2 Å². The summed E-state index contributed by atoms with van der Waals surface area (Å²) in [4.78, 5) is 0. The Bertz CT molecular complexity index is 299. The third-order valence-electron chi connectivity index (χ3n) is 1.71. The van der Waals surface area contributed by atoms with Gasteiger partial charge in [-0.25, -0.2) is 0 Å². The fourth-order valence-corrected chi connectivity index (χ4v) is 1.31. The molecule has 1 aliphatic heterocycles. The third-order valence-corrected chi connectivity index (χ3v) is 1.94. The summed E-state index contributed by atoms with van der Waals surface area (Å²) in [6.45, 7) is 2.56. The Morgan fingerprint density at radius 3 is 3.08 bits per heavy atom. The maximum Gasteiger partial charge on any atom is 0.162 e. The van der Waals surface area contributed by atoms with Crippen molar-refractivity contribution < 1.29 is 9.47 Å². The van der Waals surface area contributed by atoms with E-state index in [0.29, 0.717) is 11.6 Å². The van der Waals surface area contributed by atoms with Crippen LogP contribution in [0.25, 0.3) is 0 Å². The molecule has 3 heteroatoms. The lowest BCUT2D eigenvalue weighted by Crippen LogP contribution is -2.25. The molecule has 0 radical (unpaired) electrons. The van der Waals surface area contributed by atoms with Gasteiger partial charge < -0.3 is 9.47 Å². The van der Waals surface area contributed by atoms with Crippen molar-refractivity contribution in [1.82, 2.24) is 0 Å². The lowest BCUT2D eigenvalue weighted by Gasteiger charge is -2.23. The quantitative estimate of drug-likeness (QED) is 0.617. The van der Waals surface area contributed by atoms with Crippen LogP contribution in [-0.2, 0) is 0 Å². The summed E-state index contributed by atoms with van der Waals surface area (Å²) in [5.74, 6) is 1.51. The van der Waals surface area contributed by atoms with Gasteiger partial charge in [-0.15, -0.1) is 0 Å². The molecule has 0 saturated carbocycles. The summed E-state index contributed by atoms with van der Waals surface area (Å²) in [5, 5.41) is 0.673. The van der Waals surface area contributed by atoms with E-state index in [1.807, 2.05) is 13.0 Å². The Morgan fingerprint density at radius 1 is 1.42 bits per heavy atom. The Balaban J connectivity index is 2.37. The van der Waals surface area contributed by atoms with Crippen molar-refractivity contribution in [2.75, 3.05) is 6.61 Å². The molecule has 1 aliphatic rings. The highest BCUT2D eigenvalue weighted by molar-refractivity contribution is 6.30. The topological polar surface area (TPSA) is 18.5 Å². The lowest BCUT2D eigenvalue weighted by molar-refractivity contribution is 0.104. The largest absolute Gasteiger partial charge is 0.486 e. The zero-order valence-corrected chi connectivity index (χ0v) is 7.47. The molecule has 0 amide bonds. The molecule has 0 aliphatic carbocycles. The van der Waals surface area contributed by atoms with Gasteiger partial charge in [-0.2, -0.15) is 0 Å². The molecule has 2 rings (SSSR count). The molecule has 1 heterocycles. The van der Waals surface area contributed by atoms with Crippen LogP contribution >= 0.6 is 11.6 Å². The number of hydrogen-bond donors (Lipinski definition) is 0. The van der Waals surface area contributed by atoms with Crippen molar-refractivity contribution in [2.24, 2.45) is 0 Å². The SMILES string of the molecule is CC1COc2cc(Cl)ccc2O1. The fourth-order valence-electron chi connectivity index (χ4n) is 1.15. The molecule has 64 valence electrons. The zero-order chi connectivity index (χ0) is 8.55. The first kappa shape index (κ1) is 7.74. The minimum Gasteiger partial charge on any atom is -0.486 e. The van der Waals surface area contributed by atoms with Crippen LogP contribution in [0.15, 0.2) is 18.2 Å². The molecular weight excluding hydrogens is 176 g/mol. The van der Waals surface area contributed by atoms with Gasteiger partial charge in [0.05, 0.1) is 0 Å². The zero-order valence-electron chi connectivity index (χ0n) is 6.71. The molecular formula is C9H9ClO2. The molecule has 2 nitrogen and oxygen atoms in total. The molecule has 12 heavy (non-hydrogen) atoms. The van der Waals surface area contributed by atoms with Crippen molar-refractivity contribution in [3.63, 3.8) is 0 Å². The van der Waals surface area contributed by atoms with Gasteiger partial charge in [0.2, 0.25) is 0 Å². The van der Waals surface area contributed by atoms with E-state index in [2.05, 4.69) is 0 Å². The molecule has 0 N–H and O–H groups in total. The molecule has 0 aromatic heterocycles. The second-order valence-electron chi connectivity index (χ2n) is 2.83. The molecule has 0 spiro atoms. The first-order valence-electron chi connectivity index (χ1n) is 3.85. The summed E-state index contributed by atoms with van der Waals surface area (Å²) in [6, 6.07) is 5.39. The Hall–Kier alpha value is -0.890. The molecule has 1 aromatic rings. The highest BCUT2D eigenvalue weighted by Gasteiger charge is 2.16. The number of ether oxygens (including phenoxy) is 2. The summed E-state index contributed by atoms with van der Waals surface area (Å²) in [6.07, 6.45) is 0.124. The predicted octanol–water partition coefficient (Wildman–Crippen LogP) is 2.50. The first-order chi connectivity index (χ1) is 5.75. The number of fused-ring (bicyclic) bond motifs is 1. The van der Waals surface area contributed by atoms with Crippen molar-refractivity contribution >= 4 is 11.6 Å². The maximum atomic E-state index is 5.78. The van der Waals surface area contributed by atoms with E-state index >= 15 is 0 Å². The standard InChI is InChI=1S/C9H9ClO2/c1-6-5-11-9-4-7(10)2-3-8(9)12-6/h2-4,6H,5H2,1H3. The molecule has 0 bridgehead atoms. The number of hydrogen-bond acceptors (Lipinski definition) is 2. The monoisotopic (exact) mass is 184 g/mol. The molecule has 0 saturated heterocycles. The van der Waals surface area contributed by atoms with E-state index < -0.39 is 0 Å². The van der Waals surface area contributed by atoms with Gasteiger partial charge >= 0.3 is 0 Å². The Kier molecular flexibility index (Phi) is 1.85. The highest BCUT2D eigenvalue weighted by Crippen LogP contribution is 2.33. The summed E-state index contributed by atoms with van der Waals surface area (Å²) in [7, 11) is 0. The maximum absolute atomic E-state index is 5.78. The second kappa shape index (κ2) is 2.87. The van der Waals surface area contributed by atoms with Crippen LogP contribution in [0.2, 0.25) is 5.02 Å². The minimum atomic E-state index is 0.124. The van der Waals surface area contributed by atoms with E-state index in [-0.39, 0.29) is 6.10 Å². The van der Waals surface area contributed by atoms with Crippen LogP contribution in [0.1, 0.15) is 6.92 Å². The van der Waals surface area contributed by atoms with Crippen LogP contribution in [0.4, 0.5) is 0 Å². The molecule has 1 aromatic carbocycles. The van der Waals surface area contributed by atoms with E-state index in [0.717, 1.165) is 11.5 Å². The van der Waals surface area contributed by atoms with Gasteiger partial charge in [0.15, 0.2) is 11.5 Å². The average Bonchev–Trinajstić information content (AvgIpc) is 2.05.